The molecular formula is C18H26N3O4PS. The van der Waals surface area contributed by atoms with Crippen LogP contribution in [0.4, 0.5) is 5.00 Å². The fourth-order valence-electron chi connectivity index (χ4n) is 3.12. The second kappa shape index (κ2) is 7.80. The van der Waals surface area contributed by atoms with E-state index in [-0.39, 0.29) is 17.9 Å². The van der Waals surface area contributed by atoms with E-state index >= 15 is 0 Å². The van der Waals surface area contributed by atoms with Crippen molar-refractivity contribution in [2.75, 3.05) is 19.0 Å². The number of phenols is 1. The minimum absolute atomic E-state index is 0.0101. The molecule has 1 aliphatic heterocycles. The lowest BCUT2D eigenvalue weighted by atomic mass is 10.1. The van der Waals surface area contributed by atoms with Gasteiger partial charge in [-0.1, -0.05) is 6.07 Å². The first-order valence-electron chi connectivity index (χ1n) is 8.83. The Kier molecular flexibility index (Phi) is 5.82. The van der Waals surface area contributed by atoms with Crippen molar-refractivity contribution in [3.05, 3.63) is 34.5 Å². The minimum atomic E-state index is -3.18. The molecule has 4 atom stereocenters. The number of phenolic OH excluding ortho intramolecular Hbond substituents is 1. The van der Waals surface area contributed by atoms with Gasteiger partial charge in [0.05, 0.1) is 30.1 Å². The maximum Gasteiger partial charge on any atom is 0.279 e. The Morgan fingerprint density at radius 1 is 1.44 bits per heavy atom. The van der Waals surface area contributed by atoms with Gasteiger partial charge in [-0.25, -0.2) is 10.1 Å². The van der Waals surface area contributed by atoms with Crippen LogP contribution >= 0.6 is 18.9 Å². The van der Waals surface area contributed by atoms with Crippen LogP contribution in [0, 0.1) is 13.8 Å². The molecule has 2 unspecified atom stereocenters. The van der Waals surface area contributed by atoms with Gasteiger partial charge < -0.3 is 19.7 Å². The van der Waals surface area contributed by atoms with E-state index in [2.05, 4.69) is 15.4 Å². The molecule has 1 fully saturated rings. The monoisotopic (exact) mass is 411 g/mol. The van der Waals surface area contributed by atoms with Crippen molar-refractivity contribution in [1.29, 1.82) is 0 Å². The number of nitrogens with zero attached hydrogens (tertiary/aromatic N) is 1. The first-order valence-corrected chi connectivity index (χ1v) is 11.3. The van der Waals surface area contributed by atoms with Crippen LogP contribution in [0.5, 0.6) is 11.5 Å². The maximum atomic E-state index is 13.7. The molecule has 27 heavy (non-hydrogen) atoms. The van der Waals surface area contributed by atoms with Crippen molar-refractivity contribution < 1.29 is 18.9 Å². The molecule has 0 amide bonds. The largest absolute Gasteiger partial charge is 0.504 e. The molecule has 2 aromatic rings. The predicted octanol–water partition coefficient (Wildman–Crippen LogP) is 4.22. The zero-order valence-corrected chi connectivity index (χ0v) is 17.9. The van der Waals surface area contributed by atoms with Gasteiger partial charge in [0.1, 0.15) is 5.00 Å². The zero-order valence-electron chi connectivity index (χ0n) is 16.1. The average Bonchev–Trinajstić information content (AvgIpc) is 3.13. The molecule has 7 nitrogen and oxygen atoms in total. The predicted molar refractivity (Wildman–Crippen MR) is 108 cm³/mol. The highest BCUT2D eigenvalue weighted by atomic mass is 32.1. The van der Waals surface area contributed by atoms with Crippen LogP contribution in [0.15, 0.2) is 18.3 Å². The maximum absolute atomic E-state index is 13.7. The van der Waals surface area contributed by atoms with Crippen LogP contribution in [-0.2, 0) is 9.09 Å². The summed E-state index contributed by atoms with van der Waals surface area (Å²) in [5.41, 5.74) is 1.00. The SMILES string of the molecule is COc1cc(C(CNc2cnc(C)s2)P2(=O)N[C@@H](C)[C@H](C)O2)cc(C)c1O. The summed E-state index contributed by atoms with van der Waals surface area (Å²) in [5, 5.41) is 18.5. The topological polar surface area (TPSA) is 92.7 Å². The Hall–Kier alpha value is -1.60. The third kappa shape index (κ3) is 4.14. The van der Waals surface area contributed by atoms with Crippen LogP contribution in [0.1, 0.15) is 35.6 Å². The van der Waals surface area contributed by atoms with Crippen LogP contribution < -0.4 is 15.1 Å². The number of aromatic nitrogens is 1. The molecule has 148 valence electrons. The normalized spacial score (nSPS) is 26.1. The highest BCUT2D eigenvalue weighted by molar-refractivity contribution is 7.57. The third-order valence-corrected chi connectivity index (χ3v) is 8.39. The molecule has 1 aliphatic rings. The Morgan fingerprint density at radius 2 is 2.19 bits per heavy atom. The van der Waals surface area contributed by atoms with E-state index in [0.717, 1.165) is 15.6 Å². The molecule has 1 aromatic carbocycles. The smallest absolute Gasteiger partial charge is 0.279 e. The summed E-state index contributed by atoms with van der Waals surface area (Å²) >= 11 is 1.54. The van der Waals surface area contributed by atoms with Crippen molar-refractivity contribution in [2.45, 2.75) is 45.5 Å². The summed E-state index contributed by atoms with van der Waals surface area (Å²) in [4.78, 5) is 4.25. The van der Waals surface area contributed by atoms with E-state index in [0.29, 0.717) is 17.9 Å². The number of rotatable bonds is 6. The summed E-state index contributed by atoms with van der Waals surface area (Å²) in [5.74, 6) is 0.446. The Bertz CT molecular complexity index is 858. The van der Waals surface area contributed by atoms with Crippen molar-refractivity contribution in [3.8, 4) is 11.5 Å². The summed E-state index contributed by atoms with van der Waals surface area (Å²) < 4.78 is 24.9. The number of benzene rings is 1. The lowest BCUT2D eigenvalue weighted by Crippen LogP contribution is -2.25. The highest BCUT2D eigenvalue weighted by Crippen LogP contribution is 2.61. The number of ether oxygens (including phenoxy) is 1. The number of anilines is 1. The van der Waals surface area contributed by atoms with Crippen LogP contribution in [0.25, 0.3) is 0 Å². The molecule has 1 saturated heterocycles. The van der Waals surface area contributed by atoms with Crippen LogP contribution in [0.2, 0.25) is 0 Å². The zero-order chi connectivity index (χ0) is 19.8. The van der Waals surface area contributed by atoms with E-state index in [1.807, 2.05) is 26.8 Å². The number of methoxy groups -OCH3 is 1. The summed E-state index contributed by atoms with van der Waals surface area (Å²) in [6.07, 6.45) is 1.62. The molecule has 0 bridgehead atoms. The van der Waals surface area contributed by atoms with Gasteiger partial charge in [-0.15, -0.1) is 11.3 Å². The number of hydrogen-bond acceptors (Lipinski definition) is 7. The van der Waals surface area contributed by atoms with Gasteiger partial charge in [0.25, 0.3) is 7.52 Å². The second-order valence-electron chi connectivity index (χ2n) is 6.85. The summed E-state index contributed by atoms with van der Waals surface area (Å²) in [6.45, 7) is 8.01. The molecule has 0 radical (unpaired) electrons. The molecule has 9 heteroatoms. The fourth-order valence-corrected chi connectivity index (χ4v) is 6.52. The second-order valence-corrected chi connectivity index (χ2v) is 10.4. The summed E-state index contributed by atoms with van der Waals surface area (Å²) in [6, 6.07) is 3.55. The van der Waals surface area contributed by atoms with Gasteiger partial charge in [0, 0.05) is 12.6 Å². The first-order chi connectivity index (χ1) is 12.7. The Balaban J connectivity index is 1.97. The highest BCUT2D eigenvalue weighted by Gasteiger charge is 2.45. The van der Waals surface area contributed by atoms with Crippen molar-refractivity contribution in [2.24, 2.45) is 0 Å². The number of aryl methyl sites for hydroxylation is 2. The molecular weight excluding hydrogens is 385 g/mol. The number of nitrogens with one attached hydrogen (secondary N) is 2. The van der Waals surface area contributed by atoms with E-state index in [1.165, 1.54) is 7.11 Å². The quantitative estimate of drug-likeness (QED) is 0.613. The lowest BCUT2D eigenvalue weighted by Gasteiger charge is -2.25. The Morgan fingerprint density at radius 3 is 2.74 bits per heavy atom. The molecule has 0 saturated carbocycles. The molecule has 0 spiro atoms. The fraction of sp³-hybridized carbons (Fsp3) is 0.500. The number of aromatic hydroxyl groups is 1. The van der Waals surface area contributed by atoms with Gasteiger partial charge in [-0.3, -0.25) is 4.57 Å². The number of hydrogen-bond donors (Lipinski definition) is 3. The standard InChI is InChI=1S/C18H26N3O4PS/c1-10-6-14(7-15(24-5)18(10)22)16(8-20-17-9-19-13(4)27-17)26(23)21-11(2)12(3)25-26/h6-7,9,11-12,16,20,22H,8H2,1-5H3,(H,21,23)/t11-,12-,16?,26?/m0/s1. The molecule has 2 heterocycles. The first kappa shape index (κ1) is 20.1. The molecule has 1 aromatic heterocycles. The lowest BCUT2D eigenvalue weighted by molar-refractivity contribution is 0.235. The van der Waals surface area contributed by atoms with E-state index in [1.54, 1.807) is 30.5 Å². The van der Waals surface area contributed by atoms with E-state index < -0.39 is 13.2 Å². The number of thiazole rings is 1. The molecule has 0 aliphatic carbocycles. The van der Waals surface area contributed by atoms with Crippen LogP contribution in [0.3, 0.4) is 0 Å². The van der Waals surface area contributed by atoms with E-state index in [4.69, 9.17) is 9.26 Å². The molecule has 3 rings (SSSR count). The van der Waals surface area contributed by atoms with Gasteiger partial charge in [0.15, 0.2) is 11.5 Å². The van der Waals surface area contributed by atoms with Gasteiger partial charge in [-0.05, 0) is 44.9 Å². The molecule has 3 N–H and O–H groups in total. The van der Waals surface area contributed by atoms with Crippen molar-refractivity contribution in [3.63, 3.8) is 0 Å². The third-order valence-electron chi connectivity index (χ3n) is 4.80. The van der Waals surface area contributed by atoms with Crippen molar-refractivity contribution in [1.82, 2.24) is 10.1 Å². The van der Waals surface area contributed by atoms with Crippen molar-refractivity contribution >= 4 is 23.9 Å². The average molecular weight is 411 g/mol. The van der Waals surface area contributed by atoms with E-state index in [9.17, 15) is 9.67 Å². The van der Waals surface area contributed by atoms with Gasteiger partial charge >= 0.3 is 0 Å². The van der Waals surface area contributed by atoms with Gasteiger partial charge in [0.2, 0.25) is 0 Å². The van der Waals surface area contributed by atoms with Gasteiger partial charge in [-0.2, -0.15) is 0 Å². The Labute approximate surface area is 163 Å². The van der Waals surface area contributed by atoms with Crippen LogP contribution in [-0.4, -0.2) is 35.9 Å². The minimum Gasteiger partial charge on any atom is -0.504 e. The summed E-state index contributed by atoms with van der Waals surface area (Å²) in [7, 11) is -1.67.